The number of hydrogen-bond donors (Lipinski definition) is 2. The Balaban J connectivity index is 2.12. The summed E-state index contributed by atoms with van der Waals surface area (Å²) < 4.78 is 0. The van der Waals surface area contributed by atoms with E-state index in [1.54, 1.807) is 6.07 Å². The second-order valence-corrected chi connectivity index (χ2v) is 5.17. The molecule has 0 spiro atoms. The zero-order valence-electron chi connectivity index (χ0n) is 12.6. The highest BCUT2D eigenvalue weighted by molar-refractivity contribution is 5.98. The average molecular weight is 296 g/mol. The van der Waals surface area contributed by atoms with E-state index in [0.717, 1.165) is 10.8 Å². The third kappa shape index (κ3) is 4.19. The number of carbonyl (C=O) groups excluding carboxylic acids is 2. The van der Waals surface area contributed by atoms with Crippen molar-refractivity contribution in [1.29, 1.82) is 0 Å². The van der Waals surface area contributed by atoms with Crippen molar-refractivity contribution in [2.24, 2.45) is 5.73 Å². The van der Waals surface area contributed by atoms with Crippen LogP contribution in [0.5, 0.6) is 0 Å². The minimum Gasteiger partial charge on any atom is -0.370 e. The van der Waals surface area contributed by atoms with E-state index >= 15 is 0 Å². The van der Waals surface area contributed by atoms with E-state index in [-0.39, 0.29) is 24.3 Å². The molecule has 114 valence electrons. The van der Waals surface area contributed by atoms with Gasteiger partial charge < -0.3 is 11.1 Å². The second kappa shape index (κ2) is 7.41. The van der Waals surface area contributed by atoms with Gasteiger partial charge in [-0.2, -0.15) is 0 Å². The number of benzene rings is 2. The summed E-state index contributed by atoms with van der Waals surface area (Å²) in [6, 6.07) is 13.3. The standard InChI is InChI=1S/C18H20N2O2/c1-2-5-16(10-11-17(19)21)20-18(22)15-9-8-13-6-3-4-7-14(13)12-15/h2-9,12,16H,10-11H2,1H3,(H2,19,21)(H,20,22)/b5-2+. The maximum atomic E-state index is 12.4. The molecule has 2 amide bonds. The Kier molecular flexibility index (Phi) is 5.31. The molecule has 1 unspecified atom stereocenters. The molecule has 3 N–H and O–H groups in total. The number of nitrogens with two attached hydrogens (primary N) is 1. The van der Waals surface area contributed by atoms with Crippen molar-refractivity contribution < 1.29 is 9.59 Å². The highest BCUT2D eigenvalue weighted by Crippen LogP contribution is 2.16. The van der Waals surface area contributed by atoms with Gasteiger partial charge in [-0.25, -0.2) is 0 Å². The lowest BCUT2D eigenvalue weighted by atomic mass is 10.1. The van der Waals surface area contributed by atoms with Crippen molar-refractivity contribution >= 4 is 22.6 Å². The predicted molar refractivity (Wildman–Crippen MR) is 88.4 cm³/mol. The minimum absolute atomic E-state index is 0.154. The van der Waals surface area contributed by atoms with Crippen molar-refractivity contribution in [3.63, 3.8) is 0 Å². The van der Waals surface area contributed by atoms with E-state index in [4.69, 9.17) is 5.73 Å². The molecule has 0 aliphatic rings. The number of allylic oxidation sites excluding steroid dienone is 1. The lowest BCUT2D eigenvalue weighted by molar-refractivity contribution is -0.118. The quantitative estimate of drug-likeness (QED) is 0.805. The average Bonchev–Trinajstić information content (AvgIpc) is 2.52. The van der Waals surface area contributed by atoms with Crippen LogP contribution in [-0.4, -0.2) is 17.9 Å². The first-order valence-corrected chi connectivity index (χ1v) is 7.31. The molecular formula is C18H20N2O2. The Bertz CT molecular complexity index is 707. The van der Waals surface area contributed by atoms with Gasteiger partial charge in [0.2, 0.25) is 5.91 Å². The number of amides is 2. The SMILES string of the molecule is C/C=C/C(CCC(N)=O)NC(=O)c1ccc2ccccc2c1. The van der Waals surface area contributed by atoms with Crippen LogP contribution in [-0.2, 0) is 4.79 Å². The minimum atomic E-state index is -0.366. The molecular weight excluding hydrogens is 276 g/mol. The highest BCUT2D eigenvalue weighted by atomic mass is 16.2. The second-order valence-electron chi connectivity index (χ2n) is 5.17. The number of hydrogen-bond acceptors (Lipinski definition) is 2. The van der Waals surface area contributed by atoms with Crippen molar-refractivity contribution in [1.82, 2.24) is 5.32 Å². The van der Waals surface area contributed by atoms with Crippen LogP contribution in [0.3, 0.4) is 0 Å². The lowest BCUT2D eigenvalue weighted by Crippen LogP contribution is -2.34. The molecule has 2 aromatic rings. The van der Waals surface area contributed by atoms with Crippen LogP contribution in [0.4, 0.5) is 0 Å². The number of primary amides is 1. The zero-order valence-corrected chi connectivity index (χ0v) is 12.6. The predicted octanol–water partition coefficient (Wildman–Crippen LogP) is 2.78. The lowest BCUT2D eigenvalue weighted by Gasteiger charge is -2.14. The van der Waals surface area contributed by atoms with Crippen LogP contribution in [0.25, 0.3) is 10.8 Å². The Morgan fingerprint density at radius 2 is 1.91 bits per heavy atom. The summed E-state index contributed by atoms with van der Waals surface area (Å²) >= 11 is 0. The van der Waals surface area contributed by atoms with Gasteiger partial charge in [0.05, 0.1) is 0 Å². The van der Waals surface area contributed by atoms with E-state index in [2.05, 4.69) is 5.32 Å². The van der Waals surface area contributed by atoms with E-state index in [1.165, 1.54) is 0 Å². The summed E-state index contributed by atoms with van der Waals surface area (Å²) in [5.74, 6) is -0.521. The largest absolute Gasteiger partial charge is 0.370 e. The van der Waals surface area contributed by atoms with Gasteiger partial charge in [0, 0.05) is 18.0 Å². The van der Waals surface area contributed by atoms with E-state index in [1.807, 2.05) is 55.5 Å². The van der Waals surface area contributed by atoms with E-state index in [9.17, 15) is 9.59 Å². The Morgan fingerprint density at radius 3 is 2.59 bits per heavy atom. The fourth-order valence-corrected chi connectivity index (χ4v) is 2.33. The Hall–Kier alpha value is -2.62. The fourth-order valence-electron chi connectivity index (χ4n) is 2.33. The molecule has 0 aliphatic carbocycles. The fraction of sp³-hybridized carbons (Fsp3) is 0.222. The summed E-state index contributed by atoms with van der Waals surface area (Å²) in [4.78, 5) is 23.3. The smallest absolute Gasteiger partial charge is 0.251 e. The summed E-state index contributed by atoms with van der Waals surface area (Å²) in [6.45, 7) is 1.87. The Morgan fingerprint density at radius 1 is 1.18 bits per heavy atom. The van der Waals surface area contributed by atoms with Gasteiger partial charge in [0.25, 0.3) is 5.91 Å². The molecule has 4 nitrogen and oxygen atoms in total. The third-order valence-corrected chi connectivity index (χ3v) is 3.45. The van der Waals surface area contributed by atoms with Gasteiger partial charge in [0.1, 0.15) is 0 Å². The Labute approximate surface area is 130 Å². The molecule has 2 rings (SSSR count). The molecule has 0 aromatic heterocycles. The molecule has 0 fully saturated rings. The maximum absolute atomic E-state index is 12.4. The molecule has 4 heteroatoms. The van der Waals surface area contributed by atoms with Gasteiger partial charge in [-0.1, -0.05) is 42.5 Å². The third-order valence-electron chi connectivity index (χ3n) is 3.45. The van der Waals surface area contributed by atoms with Crippen LogP contribution in [0.1, 0.15) is 30.1 Å². The van der Waals surface area contributed by atoms with Crippen molar-refractivity contribution in [2.75, 3.05) is 0 Å². The molecule has 0 bridgehead atoms. The number of carbonyl (C=O) groups is 2. The first-order chi connectivity index (χ1) is 10.6. The van der Waals surface area contributed by atoms with Crippen LogP contribution < -0.4 is 11.1 Å². The summed E-state index contributed by atoms with van der Waals surface area (Å²) in [5, 5.41) is 5.04. The van der Waals surface area contributed by atoms with Crippen LogP contribution in [0, 0.1) is 0 Å². The molecule has 0 saturated carbocycles. The number of nitrogens with one attached hydrogen (secondary N) is 1. The van der Waals surface area contributed by atoms with Gasteiger partial charge in [-0.3, -0.25) is 9.59 Å². The van der Waals surface area contributed by atoms with E-state index in [0.29, 0.717) is 12.0 Å². The maximum Gasteiger partial charge on any atom is 0.251 e. The van der Waals surface area contributed by atoms with Crippen molar-refractivity contribution in [3.05, 3.63) is 60.2 Å². The number of rotatable bonds is 6. The molecule has 1 atom stereocenters. The van der Waals surface area contributed by atoms with Crippen LogP contribution in [0.2, 0.25) is 0 Å². The monoisotopic (exact) mass is 296 g/mol. The molecule has 22 heavy (non-hydrogen) atoms. The van der Waals surface area contributed by atoms with Crippen LogP contribution >= 0.6 is 0 Å². The van der Waals surface area contributed by atoms with Crippen molar-refractivity contribution in [2.45, 2.75) is 25.8 Å². The molecule has 2 aromatic carbocycles. The summed E-state index contributed by atoms with van der Waals surface area (Å²) in [5.41, 5.74) is 5.77. The first kappa shape index (κ1) is 15.8. The highest BCUT2D eigenvalue weighted by Gasteiger charge is 2.12. The van der Waals surface area contributed by atoms with Gasteiger partial charge in [0.15, 0.2) is 0 Å². The molecule has 0 saturated heterocycles. The molecule has 0 aliphatic heterocycles. The van der Waals surface area contributed by atoms with Crippen LogP contribution in [0.15, 0.2) is 54.6 Å². The summed E-state index contributed by atoms with van der Waals surface area (Å²) in [7, 11) is 0. The van der Waals surface area contributed by atoms with Crippen molar-refractivity contribution in [3.8, 4) is 0 Å². The van der Waals surface area contributed by atoms with Gasteiger partial charge >= 0.3 is 0 Å². The van der Waals surface area contributed by atoms with Gasteiger partial charge in [-0.05, 0) is 36.2 Å². The summed E-state index contributed by atoms with van der Waals surface area (Å²) in [6.07, 6.45) is 4.46. The molecule has 0 radical (unpaired) electrons. The topological polar surface area (TPSA) is 72.2 Å². The van der Waals surface area contributed by atoms with Gasteiger partial charge in [-0.15, -0.1) is 0 Å². The normalized spacial score (nSPS) is 12.4. The molecule has 0 heterocycles. The number of fused-ring (bicyclic) bond motifs is 1. The first-order valence-electron chi connectivity index (χ1n) is 7.31. The van der Waals surface area contributed by atoms with E-state index < -0.39 is 0 Å². The zero-order chi connectivity index (χ0) is 15.9.